The zero-order chi connectivity index (χ0) is 15.9. The molecule has 0 fully saturated rings. The number of furan rings is 1. The van der Waals surface area contributed by atoms with Gasteiger partial charge in [0.15, 0.2) is 0 Å². The number of aromatic nitrogens is 2. The van der Waals surface area contributed by atoms with E-state index in [9.17, 15) is 4.79 Å². The summed E-state index contributed by atoms with van der Waals surface area (Å²) in [6, 6.07) is 9.38. The van der Waals surface area contributed by atoms with Gasteiger partial charge in [0.1, 0.15) is 17.2 Å². The van der Waals surface area contributed by atoms with Crippen LogP contribution in [0.3, 0.4) is 0 Å². The van der Waals surface area contributed by atoms with Crippen LogP contribution in [0.4, 0.5) is 5.82 Å². The predicted octanol–water partition coefficient (Wildman–Crippen LogP) is 3.85. The highest BCUT2D eigenvalue weighted by molar-refractivity contribution is 6.11. The Morgan fingerprint density at radius 3 is 2.77 bits per heavy atom. The highest BCUT2D eigenvalue weighted by atomic mass is 16.3. The van der Waals surface area contributed by atoms with E-state index in [1.165, 1.54) is 0 Å². The molecule has 0 spiro atoms. The molecule has 0 unspecified atom stereocenters. The Morgan fingerprint density at radius 1 is 1.32 bits per heavy atom. The van der Waals surface area contributed by atoms with Gasteiger partial charge in [-0.15, -0.1) is 0 Å². The first kappa shape index (κ1) is 14.4. The summed E-state index contributed by atoms with van der Waals surface area (Å²) in [5.41, 5.74) is 2.09. The second kappa shape index (κ2) is 5.33. The van der Waals surface area contributed by atoms with Crippen LogP contribution in [0.25, 0.3) is 11.0 Å². The summed E-state index contributed by atoms with van der Waals surface area (Å²) in [5, 5.41) is 8.24. The molecule has 0 atom stereocenters. The lowest BCUT2D eigenvalue weighted by Gasteiger charge is -2.05. The van der Waals surface area contributed by atoms with Gasteiger partial charge < -0.3 is 9.73 Å². The van der Waals surface area contributed by atoms with Crippen LogP contribution in [0.15, 0.2) is 34.7 Å². The molecule has 3 rings (SSSR count). The zero-order valence-corrected chi connectivity index (χ0v) is 13.2. The molecule has 0 aliphatic rings. The number of rotatable bonds is 3. The highest BCUT2D eigenvalue weighted by Gasteiger charge is 2.16. The molecule has 1 N–H and O–H groups in total. The molecule has 114 valence electrons. The number of nitrogens with zero attached hydrogens (tertiary/aromatic N) is 2. The van der Waals surface area contributed by atoms with Gasteiger partial charge in [-0.2, -0.15) is 5.10 Å². The first-order chi connectivity index (χ1) is 10.5. The van der Waals surface area contributed by atoms with Crippen molar-refractivity contribution < 1.29 is 9.21 Å². The van der Waals surface area contributed by atoms with Crippen LogP contribution in [0.2, 0.25) is 0 Å². The maximum absolute atomic E-state index is 12.6. The molecule has 22 heavy (non-hydrogen) atoms. The van der Waals surface area contributed by atoms with Gasteiger partial charge in [0.25, 0.3) is 5.91 Å². The fourth-order valence-corrected chi connectivity index (χ4v) is 2.44. The molecule has 5 heteroatoms. The standard InChI is InChI=1S/C17H19N3O2/c1-10(2)14-9-15(20(4)19-14)18-17(21)13-7-5-6-12-8-11(3)22-16(12)13/h5-10H,1-4H3,(H,18,21). The van der Waals surface area contributed by atoms with Crippen molar-refractivity contribution in [3.8, 4) is 0 Å². The number of amides is 1. The Balaban J connectivity index is 1.93. The largest absolute Gasteiger partial charge is 0.461 e. The molecule has 2 heterocycles. The fraction of sp³-hybridized carbons (Fsp3) is 0.294. The lowest BCUT2D eigenvalue weighted by molar-refractivity contribution is 0.102. The normalized spacial score (nSPS) is 11.3. The monoisotopic (exact) mass is 297 g/mol. The van der Waals surface area contributed by atoms with Gasteiger partial charge in [-0.05, 0) is 25.0 Å². The quantitative estimate of drug-likeness (QED) is 0.798. The first-order valence-electron chi connectivity index (χ1n) is 7.30. The molecule has 0 radical (unpaired) electrons. The van der Waals surface area contributed by atoms with E-state index in [-0.39, 0.29) is 5.91 Å². The van der Waals surface area contributed by atoms with Crippen LogP contribution in [-0.2, 0) is 7.05 Å². The maximum atomic E-state index is 12.6. The van der Waals surface area contributed by atoms with Gasteiger partial charge in [0.2, 0.25) is 0 Å². The minimum Gasteiger partial charge on any atom is -0.461 e. The van der Waals surface area contributed by atoms with Crippen LogP contribution < -0.4 is 5.32 Å². The molecule has 1 amide bonds. The average Bonchev–Trinajstić information content (AvgIpc) is 3.00. The SMILES string of the molecule is Cc1cc2cccc(C(=O)Nc3cc(C(C)C)nn3C)c2o1. The molecule has 0 saturated carbocycles. The average molecular weight is 297 g/mol. The van der Waals surface area contributed by atoms with E-state index < -0.39 is 0 Å². The van der Waals surface area contributed by atoms with Crippen molar-refractivity contribution >= 4 is 22.7 Å². The van der Waals surface area contributed by atoms with Crippen LogP contribution in [0.1, 0.15) is 41.6 Å². The van der Waals surface area contributed by atoms with E-state index >= 15 is 0 Å². The maximum Gasteiger partial charge on any atom is 0.260 e. The van der Waals surface area contributed by atoms with Gasteiger partial charge in [0.05, 0.1) is 11.3 Å². The van der Waals surface area contributed by atoms with E-state index in [1.54, 1.807) is 10.7 Å². The van der Waals surface area contributed by atoms with Gasteiger partial charge in [0, 0.05) is 18.5 Å². The van der Waals surface area contributed by atoms with Crippen LogP contribution >= 0.6 is 0 Å². The second-order valence-corrected chi connectivity index (χ2v) is 5.77. The van der Waals surface area contributed by atoms with Crippen molar-refractivity contribution in [1.29, 1.82) is 0 Å². The lowest BCUT2D eigenvalue weighted by Crippen LogP contribution is -2.14. The molecule has 0 bridgehead atoms. The number of carbonyl (C=O) groups is 1. The van der Waals surface area contributed by atoms with Gasteiger partial charge >= 0.3 is 0 Å². The molecule has 0 aliphatic heterocycles. The van der Waals surface area contributed by atoms with Crippen molar-refractivity contribution in [2.75, 3.05) is 5.32 Å². The molecule has 0 saturated heterocycles. The number of fused-ring (bicyclic) bond motifs is 1. The first-order valence-corrected chi connectivity index (χ1v) is 7.30. The van der Waals surface area contributed by atoms with Crippen molar-refractivity contribution in [2.24, 2.45) is 7.05 Å². The fourth-order valence-electron chi connectivity index (χ4n) is 2.44. The zero-order valence-electron chi connectivity index (χ0n) is 13.2. The van der Waals surface area contributed by atoms with Crippen molar-refractivity contribution in [1.82, 2.24) is 9.78 Å². The minimum absolute atomic E-state index is 0.196. The Bertz CT molecular complexity index is 843. The number of hydrogen-bond donors (Lipinski definition) is 1. The third kappa shape index (κ3) is 2.50. The third-order valence-electron chi connectivity index (χ3n) is 3.64. The van der Waals surface area contributed by atoms with E-state index in [0.717, 1.165) is 16.8 Å². The molecule has 5 nitrogen and oxygen atoms in total. The van der Waals surface area contributed by atoms with Crippen molar-refractivity contribution in [3.05, 3.63) is 47.3 Å². The van der Waals surface area contributed by atoms with E-state index in [2.05, 4.69) is 24.3 Å². The van der Waals surface area contributed by atoms with Crippen LogP contribution in [0.5, 0.6) is 0 Å². The summed E-state index contributed by atoms with van der Waals surface area (Å²) in [5.74, 6) is 1.58. The number of aryl methyl sites for hydroxylation is 2. The number of para-hydroxylation sites is 1. The Kier molecular flexibility index (Phi) is 3.48. The minimum atomic E-state index is -0.196. The summed E-state index contributed by atoms with van der Waals surface area (Å²) < 4.78 is 7.33. The number of carbonyl (C=O) groups excluding carboxylic acids is 1. The van der Waals surface area contributed by atoms with Crippen molar-refractivity contribution in [2.45, 2.75) is 26.7 Å². The van der Waals surface area contributed by atoms with Gasteiger partial charge in [-0.3, -0.25) is 9.48 Å². The Labute approximate surface area is 128 Å². The summed E-state index contributed by atoms with van der Waals surface area (Å²) >= 11 is 0. The smallest absolute Gasteiger partial charge is 0.260 e. The van der Waals surface area contributed by atoms with Crippen LogP contribution in [0, 0.1) is 6.92 Å². The summed E-state index contributed by atoms with van der Waals surface area (Å²) in [7, 11) is 1.82. The molecular formula is C17H19N3O2. The molecule has 1 aromatic carbocycles. The van der Waals surface area contributed by atoms with E-state index in [0.29, 0.717) is 22.9 Å². The lowest BCUT2D eigenvalue weighted by atomic mass is 10.1. The third-order valence-corrected chi connectivity index (χ3v) is 3.64. The summed E-state index contributed by atoms with van der Waals surface area (Å²) in [6.45, 7) is 6.01. The molecular weight excluding hydrogens is 278 g/mol. The topological polar surface area (TPSA) is 60.1 Å². The predicted molar refractivity (Wildman–Crippen MR) is 86.2 cm³/mol. The Hall–Kier alpha value is -2.56. The molecule has 3 aromatic rings. The summed E-state index contributed by atoms with van der Waals surface area (Å²) in [4.78, 5) is 12.6. The van der Waals surface area contributed by atoms with Crippen LogP contribution in [-0.4, -0.2) is 15.7 Å². The van der Waals surface area contributed by atoms with Gasteiger partial charge in [-0.25, -0.2) is 0 Å². The molecule has 2 aromatic heterocycles. The number of hydrogen-bond acceptors (Lipinski definition) is 3. The highest BCUT2D eigenvalue weighted by Crippen LogP contribution is 2.24. The number of nitrogens with one attached hydrogen (secondary N) is 1. The summed E-state index contributed by atoms with van der Waals surface area (Å²) in [6.07, 6.45) is 0. The Morgan fingerprint density at radius 2 is 2.09 bits per heavy atom. The van der Waals surface area contributed by atoms with Crippen molar-refractivity contribution in [3.63, 3.8) is 0 Å². The number of anilines is 1. The van der Waals surface area contributed by atoms with E-state index in [4.69, 9.17) is 4.42 Å². The molecule has 0 aliphatic carbocycles. The number of benzene rings is 1. The second-order valence-electron chi connectivity index (χ2n) is 5.77. The van der Waals surface area contributed by atoms with Gasteiger partial charge in [-0.1, -0.05) is 26.0 Å². The van der Waals surface area contributed by atoms with E-state index in [1.807, 2.05) is 38.2 Å².